The van der Waals surface area contributed by atoms with E-state index in [0.29, 0.717) is 12.2 Å². The summed E-state index contributed by atoms with van der Waals surface area (Å²) in [5, 5.41) is 9.63. The largest absolute Gasteiger partial charge is 0.336 e. The van der Waals surface area contributed by atoms with Gasteiger partial charge in [-0.2, -0.15) is 5.10 Å². The van der Waals surface area contributed by atoms with Crippen LogP contribution in [-0.4, -0.2) is 41.4 Å². The summed E-state index contributed by atoms with van der Waals surface area (Å²) in [6.07, 6.45) is 3.36. The molecule has 0 saturated heterocycles. The summed E-state index contributed by atoms with van der Waals surface area (Å²) < 4.78 is 15.1. The molecule has 2 amide bonds. The molecule has 23 heavy (non-hydrogen) atoms. The van der Waals surface area contributed by atoms with Gasteiger partial charge in [0.2, 0.25) is 0 Å². The van der Waals surface area contributed by atoms with E-state index in [9.17, 15) is 9.18 Å². The van der Waals surface area contributed by atoms with Crippen LogP contribution in [0.15, 0.2) is 36.7 Å². The Balaban J connectivity index is 1.94. The van der Waals surface area contributed by atoms with Crippen LogP contribution in [-0.2, 0) is 6.54 Å². The number of halogens is 1. The molecule has 2 aromatic rings. The van der Waals surface area contributed by atoms with Crippen LogP contribution in [0.2, 0.25) is 0 Å². The van der Waals surface area contributed by atoms with E-state index in [0.717, 1.165) is 12.1 Å². The number of aromatic nitrogens is 2. The second kappa shape index (κ2) is 7.73. The molecule has 0 aliphatic heterocycles. The third-order valence-corrected chi connectivity index (χ3v) is 3.53. The highest BCUT2D eigenvalue weighted by molar-refractivity contribution is 5.88. The molecule has 0 radical (unpaired) electrons. The molecule has 0 fully saturated rings. The highest BCUT2D eigenvalue weighted by Gasteiger charge is 2.16. The van der Waals surface area contributed by atoms with Gasteiger partial charge >= 0.3 is 6.03 Å². The number of amides is 2. The molecule has 0 unspecified atom stereocenters. The van der Waals surface area contributed by atoms with Gasteiger partial charge in [0.05, 0.1) is 17.9 Å². The third kappa shape index (κ3) is 4.79. The Bertz CT molecular complexity index is 655. The van der Waals surface area contributed by atoms with Crippen molar-refractivity contribution in [3.63, 3.8) is 0 Å². The zero-order chi connectivity index (χ0) is 16.8. The fourth-order valence-corrected chi connectivity index (χ4v) is 2.28. The number of carbonyl (C=O) groups is 1. The molecule has 0 aliphatic carbocycles. The van der Waals surface area contributed by atoms with Crippen LogP contribution in [0.25, 0.3) is 0 Å². The van der Waals surface area contributed by atoms with E-state index in [1.165, 1.54) is 12.1 Å². The minimum absolute atomic E-state index is 0.116. The summed E-state index contributed by atoms with van der Waals surface area (Å²) >= 11 is 0. The van der Waals surface area contributed by atoms with Gasteiger partial charge in [-0.25, -0.2) is 9.18 Å². The van der Waals surface area contributed by atoms with Crippen molar-refractivity contribution < 1.29 is 9.18 Å². The average Bonchev–Trinajstić information content (AvgIpc) is 2.94. The van der Waals surface area contributed by atoms with Gasteiger partial charge in [0.1, 0.15) is 5.82 Å². The van der Waals surface area contributed by atoms with Crippen molar-refractivity contribution in [2.75, 3.05) is 26.0 Å². The molecule has 0 saturated carbocycles. The van der Waals surface area contributed by atoms with Gasteiger partial charge in [0.25, 0.3) is 0 Å². The monoisotopic (exact) mass is 319 g/mol. The maximum absolute atomic E-state index is 13.4. The van der Waals surface area contributed by atoms with Gasteiger partial charge in [-0.1, -0.05) is 12.1 Å². The molecule has 0 spiro atoms. The molecule has 0 aliphatic rings. The second-order valence-electron chi connectivity index (χ2n) is 5.45. The summed E-state index contributed by atoms with van der Waals surface area (Å²) in [4.78, 5) is 13.9. The lowest BCUT2D eigenvalue weighted by atomic mass is 10.1. The topological polar surface area (TPSA) is 62.2 Å². The summed E-state index contributed by atoms with van der Waals surface area (Å²) in [6.45, 7) is 3.08. The van der Waals surface area contributed by atoms with E-state index in [1.807, 2.05) is 32.0 Å². The molecular formula is C16H22FN5O. The Morgan fingerprint density at radius 3 is 2.83 bits per heavy atom. The normalized spacial score (nSPS) is 12.2. The number of anilines is 1. The molecule has 1 atom stereocenters. The number of aryl methyl sites for hydroxylation is 1. The van der Waals surface area contributed by atoms with Gasteiger partial charge in [-0.05, 0) is 38.7 Å². The Morgan fingerprint density at radius 1 is 1.43 bits per heavy atom. The average molecular weight is 319 g/mol. The summed E-state index contributed by atoms with van der Waals surface area (Å²) in [6, 6.07) is 5.97. The van der Waals surface area contributed by atoms with Crippen molar-refractivity contribution in [2.24, 2.45) is 0 Å². The number of likely N-dealkylation sites (N-methyl/N-ethyl adjacent to an activating group) is 1. The first kappa shape index (κ1) is 17.0. The SMILES string of the molecule is CCn1cc(NC(=O)NC[C@H](c2cccc(F)c2)N(C)C)cn1. The van der Waals surface area contributed by atoms with Crippen LogP contribution < -0.4 is 10.6 Å². The predicted octanol–water partition coefficient (Wildman–Crippen LogP) is 2.47. The van der Waals surface area contributed by atoms with E-state index in [2.05, 4.69) is 15.7 Å². The van der Waals surface area contributed by atoms with Crippen molar-refractivity contribution in [1.29, 1.82) is 0 Å². The van der Waals surface area contributed by atoms with E-state index >= 15 is 0 Å². The minimum atomic E-state index is -0.316. The van der Waals surface area contributed by atoms with Crippen molar-refractivity contribution >= 4 is 11.7 Å². The highest BCUT2D eigenvalue weighted by atomic mass is 19.1. The summed E-state index contributed by atoms with van der Waals surface area (Å²) in [5.74, 6) is -0.286. The lowest BCUT2D eigenvalue weighted by Crippen LogP contribution is -2.36. The van der Waals surface area contributed by atoms with Gasteiger partial charge in [-0.15, -0.1) is 0 Å². The first-order valence-electron chi connectivity index (χ1n) is 7.48. The van der Waals surface area contributed by atoms with E-state index in [4.69, 9.17) is 0 Å². The molecular weight excluding hydrogens is 297 g/mol. The van der Waals surface area contributed by atoms with Gasteiger partial charge in [0.15, 0.2) is 0 Å². The number of hydrogen-bond acceptors (Lipinski definition) is 3. The molecule has 1 aromatic carbocycles. The molecule has 1 heterocycles. The number of rotatable bonds is 6. The van der Waals surface area contributed by atoms with E-state index in [-0.39, 0.29) is 17.9 Å². The van der Waals surface area contributed by atoms with Crippen LogP contribution in [0.1, 0.15) is 18.5 Å². The first-order chi connectivity index (χ1) is 11.0. The van der Waals surface area contributed by atoms with Gasteiger partial charge < -0.3 is 15.5 Å². The van der Waals surface area contributed by atoms with Crippen LogP contribution >= 0.6 is 0 Å². The van der Waals surface area contributed by atoms with Crippen molar-refractivity contribution in [2.45, 2.75) is 19.5 Å². The zero-order valence-electron chi connectivity index (χ0n) is 13.6. The Labute approximate surface area is 135 Å². The maximum atomic E-state index is 13.4. The molecule has 6 nitrogen and oxygen atoms in total. The minimum Gasteiger partial charge on any atom is -0.336 e. The molecule has 124 valence electrons. The third-order valence-electron chi connectivity index (χ3n) is 3.53. The lowest BCUT2D eigenvalue weighted by molar-refractivity contribution is 0.243. The number of nitrogens with zero attached hydrogens (tertiary/aromatic N) is 3. The fraction of sp³-hybridized carbons (Fsp3) is 0.375. The van der Waals surface area contributed by atoms with Crippen LogP contribution in [0.4, 0.5) is 14.9 Å². The molecule has 2 N–H and O–H groups in total. The zero-order valence-corrected chi connectivity index (χ0v) is 13.6. The smallest absolute Gasteiger partial charge is 0.319 e. The highest BCUT2D eigenvalue weighted by Crippen LogP contribution is 2.18. The number of urea groups is 1. The standard InChI is InChI=1S/C16H22FN5O/c1-4-22-11-14(9-19-22)20-16(23)18-10-15(21(2)3)12-6-5-7-13(17)8-12/h5-9,11,15H,4,10H2,1-3H3,(H2,18,20,23)/t15-/m1/s1. The van der Waals surface area contributed by atoms with E-state index < -0.39 is 0 Å². The first-order valence-corrected chi connectivity index (χ1v) is 7.48. The van der Waals surface area contributed by atoms with Crippen LogP contribution in [0, 0.1) is 5.82 Å². The van der Waals surface area contributed by atoms with E-state index in [1.54, 1.807) is 23.1 Å². The van der Waals surface area contributed by atoms with Crippen molar-refractivity contribution in [1.82, 2.24) is 20.0 Å². The number of hydrogen-bond donors (Lipinski definition) is 2. The van der Waals surface area contributed by atoms with Gasteiger partial charge in [-0.3, -0.25) is 4.68 Å². The molecule has 7 heteroatoms. The summed E-state index contributed by atoms with van der Waals surface area (Å²) in [7, 11) is 3.78. The maximum Gasteiger partial charge on any atom is 0.319 e. The number of nitrogens with one attached hydrogen (secondary N) is 2. The quantitative estimate of drug-likeness (QED) is 0.860. The predicted molar refractivity (Wildman–Crippen MR) is 87.8 cm³/mol. The Hall–Kier alpha value is -2.41. The van der Waals surface area contributed by atoms with Crippen molar-refractivity contribution in [3.05, 3.63) is 48.0 Å². The van der Waals surface area contributed by atoms with Crippen molar-refractivity contribution in [3.8, 4) is 0 Å². The van der Waals surface area contributed by atoms with Crippen LogP contribution in [0.5, 0.6) is 0 Å². The molecule has 0 bridgehead atoms. The molecule has 1 aromatic heterocycles. The van der Waals surface area contributed by atoms with Crippen LogP contribution in [0.3, 0.4) is 0 Å². The summed E-state index contributed by atoms with van der Waals surface area (Å²) in [5.41, 5.74) is 1.45. The lowest BCUT2D eigenvalue weighted by Gasteiger charge is -2.25. The number of benzene rings is 1. The Morgan fingerprint density at radius 2 is 2.22 bits per heavy atom. The molecule has 2 rings (SSSR count). The fourth-order valence-electron chi connectivity index (χ4n) is 2.28. The second-order valence-corrected chi connectivity index (χ2v) is 5.45. The Kier molecular flexibility index (Phi) is 5.70. The number of carbonyl (C=O) groups excluding carboxylic acids is 1. The van der Waals surface area contributed by atoms with Gasteiger partial charge in [0, 0.05) is 19.3 Å².